The lowest BCUT2D eigenvalue weighted by atomic mass is 10.1. The van der Waals surface area contributed by atoms with E-state index in [1.54, 1.807) is 24.3 Å². The van der Waals surface area contributed by atoms with Gasteiger partial charge in [-0.15, -0.1) is 0 Å². The van der Waals surface area contributed by atoms with Crippen molar-refractivity contribution in [3.8, 4) is 11.5 Å². The highest BCUT2D eigenvalue weighted by atomic mass is 16.6. The van der Waals surface area contributed by atoms with Crippen LogP contribution in [-0.2, 0) is 0 Å². The van der Waals surface area contributed by atoms with E-state index in [1.165, 1.54) is 0 Å². The van der Waals surface area contributed by atoms with Gasteiger partial charge in [0.2, 0.25) is 6.29 Å². The molecule has 1 N–H and O–H groups in total. The third-order valence-electron chi connectivity index (χ3n) is 4.89. The van der Waals surface area contributed by atoms with Gasteiger partial charge in [-0.2, -0.15) is 0 Å². The monoisotopic (exact) mass is 398 g/mol. The van der Waals surface area contributed by atoms with Gasteiger partial charge < -0.3 is 14.6 Å². The first-order chi connectivity index (χ1) is 14.5. The van der Waals surface area contributed by atoms with Crippen LogP contribution in [0.4, 0.5) is 0 Å². The molecule has 30 heavy (non-hydrogen) atoms. The molecule has 4 aromatic carbocycles. The van der Waals surface area contributed by atoms with Crippen molar-refractivity contribution in [2.75, 3.05) is 0 Å². The standard InChI is InChI=1S/C26H22O4/c1-17-3-7-19(8-4-17)25(27)29-23-13-11-22-16-24(14-12-21(22)15-23)30-26(28)20-9-5-18(2)6-10-20/h3-16,25,27H,1-2H3. The molecular formula is C26H22O4. The molecule has 0 saturated carbocycles. The van der Waals surface area contributed by atoms with Crippen molar-refractivity contribution < 1.29 is 19.4 Å². The lowest BCUT2D eigenvalue weighted by Gasteiger charge is -2.14. The molecule has 0 fully saturated rings. The summed E-state index contributed by atoms with van der Waals surface area (Å²) in [6.07, 6.45) is -1.04. The highest BCUT2D eigenvalue weighted by Crippen LogP contribution is 2.28. The number of carbonyl (C=O) groups is 1. The zero-order valence-electron chi connectivity index (χ0n) is 16.8. The summed E-state index contributed by atoms with van der Waals surface area (Å²) < 4.78 is 11.2. The molecule has 0 amide bonds. The molecule has 4 rings (SSSR count). The topological polar surface area (TPSA) is 55.8 Å². The molecule has 0 aliphatic rings. The zero-order chi connectivity index (χ0) is 21.1. The van der Waals surface area contributed by atoms with Gasteiger partial charge in [-0.05, 0) is 61.0 Å². The Morgan fingerprint density at radius 2 is 1.27 bits per heavy atom. The van der Waals surface area contributed by atoms with Crippen molar-refractivity contribution in [2.45, 2.75) is 20.1 Å². The van der Waals surface area contributed by atoms with Gasteiger partial charge in [0.1, 0.15) is 11.5 Å². The fraction of sp³-hybridized carbons (Fsp3) is 0.115. The first-order valence-electron chi connectivity index (χ1n) is 9.72. The zero-order valence-corrected chi connectivity index (χ0v) is 16.8. The quantitative estimate of drug-likeness (QED) is 0.264. The second-order valence-electron chi connectivity index (χ2n) is 7.31. The van der Waals surface area contributed by atoms with Crippen LogP contribution in [-0.4, -0.2) is 11.1 Å². The molecule has 4 heteroatoms. The number of ether oxygens (including phenoxy) is 2. The molecule has 4 nitrogen and oxygen atoms in total. The van der Waals surface area contributed by atoms with Gasteiger partial charge in [-0.25, -0.2) is 4.79 Å². The van der Waals surface area contributed by atoms with Crippen LogP contribution in [0, 0.1) is 13.8 Å². The van der Waals surface area contributed by atoms with Crippen LogP contribution in [0.5, 0.6) is 11.5 Å². The number of fused-ring (bicyclic) bond motifs is 1. The fourth-order valence-electron chi connectivity index (χ4n) is 3.12. The van der Waals surface area contributed by atoms with Gasteiger partial charge >= 0.3 is 5.97 Å². The van der Waals surface area contributed by atoms with Gasteiger partial charge in [-0.3, -0.25) is 0 Å². The molecule has 4 aromatic rings. The number of aliphatic hydroxyl groups is 1. The molecule has 0 saturated heterocycles. The second-order valence-corrected chi connectivity index (χ2v) is 7.31. The lowest BCUT2D eigenvalue weighted by molar-refractivity contribution is -0.0193. The largest absolute Gasteiger partial charge is 0.461 e. The van der Waals surface area contributed by atoms with Crippen LogP contribution >= 0.6 is 0 Å². The summed E-state index contributed by atoms with van der Waals surface area (Å²) in [5.41, 5.74) is 3.41. The number of hydrogen-bond acceptors (Lipinski definition) is 4. The summed E-state index contributed by atoms with van der Waals surface area (Å²) in [6.45, 7) is 3.96. The smallest absolute Gasteiger partial charge is 0.343 e. The summed E-state index contributed by atoms with van der Waals surface area (Å²) in [5, 5.41) is 12.1. The van der Waals surface area contributed by atoms with E-state index in [4.69, 9.17) is 9.47 Å². The van der Waals surface area contributed by atoms with Crippen LogP contribution in [0.3, 0.4) is 0 Å². The third-order valence-corrected chi connectivity index (χ3v) is 4.89. The number of hydrogen-bond donors (Lipinski definition) is 1. The van der Waals surface area contributed by atoms with E-state index in [1.807, 2.05) is 74.5 Å². The van der Waals surface area contributed by atoms with E-state index in [2.05, 4.69) is 0 Å². The Balaban J connectivity index is 1.48. The maximum atomic E-state index is 12.3. The molecule has 0 aliphatic carbocycles. The first kappa shape index (κ1) is 19.7. The summed E-state index contributed by atoms with van der Waals surface area (Å²) >= 11 is 0. The number of esters is 1. The van der Waals surface area contributed by atoms with Gasteiger partial charge in [0.25, 0.3) is 0 Å². The molecule has 1 unspecified atom stereocenters. The Morgan fingerprint density at radius 3 is 1.90 bits per heavy atom. The average Bonchev–Trinajstić information content (AvgIpc) is 2.74. The van der Waals surface area contributed by atoms with Gasteiger partial charge in [-0.1, -0.05) is 59.7 Å². The lowest BCUT2D eigenvalue weighted by Crippen LogP contribution is -2.08. The summed E-state index contributed by atoms with van der Waals surface area (Å²) in [7, 11) is 0. The highest BCUT2D eigenvalue weighted by Gasteiger charge is 2.11. The van der Waals surface area contributed by atoms with Crippen molar-refractivity contribution >= 4 is 16.7 Å². The normalized spacial score (nSPS) is 11.8. The van der Waals surface area contributed by atoms with Crippen molar-refractivity contribution in [2.24, 2.45) is 0 Å². The Morgan fingerprint density at radius 1 is 0.733 bits per heavy atom. The predicted molar refractivity (Wildman–Crippen MR) is 117 cm³/mol. The maximum absolute atomic E-state index is 12.3. The Kier molecular flexibility index (Phi) is 5.50. The van der Waals surface area contributed by atoms with Crippen LogP contribution < -0.4 is 9.47 Å². The van der Waals surface area contributed by atoms with E-state index < -0.39 is 12.3 Å². The van der Waals surface area contributed by atoms with E-state index in [-0.39, 0.29) is 0 Å². The van der Waals surface area contributed by atoms with Gasteiger partial charge in [0.15, 0.2) is 0 Å². The van der Waals surface area contributed by atoms with Crippen LogP contribution in [0.1, 0.15) is 33.3 Å². The van der Waals surface area contributed by atoms with Crippen molar-refractivity contribution in [3.05, 3.63) is 107 Å². The van der Waals surface area contributed by atoms with Crippen LogP contribution in [0.25, 0.3) is 10.8 Å². The minimum Gasteiger partial charge on any atom is -0.461 e. The number of benzene rings is 4. The predicted octanol–water partition coefficient (Wildman–Crippen LogP) is 5.75. The van der Waals surface area contributed by atoms with Crippen LogP contribution in [0.15, 0.2) is 84.9 Å². The fourth-order valence-corrected chi connectivity index (χ4v) is 3.12. The summed E-state index contributed by atoms with van der Waals surface area (Å²) in [6, 6.07) is 25.7. The van der Waals surface area contributed by atoms with Crippen molar-refractivity contribution in [3.63, 3.8) is 0 Å². The second kappa shape index (κ2) is 8.39. The number of aliphatic hydroxyl groups excluding tert-OH is 1. The van der Waals surface area contributed by atoms with E-state index >= 15 is 0 Å². The molecule has 0 aliphatic heterocycles. The SMILES string of the molecule is Cc1ccc(C(=O)Oc2ccc3cc(OC(O)c4ccc(C)cc4)ccc3c2)cc1. The Labute approximate surface area is 175 Å². The highest BCUT2D eigenvalue weighted by molar-refractivity contribution is 5.92. The molecule has 0 aromatic heterocycles. The molecule has 150 valence electrons. The number of aryl methyl sites for hydroxylation is 2. The van der Waals surface area contributed by atoms with E-state index in [9.17, 15) is 9.90 Å². The number of carbonyl (C=O) groups excluding carboxylic acids is 1. The molecule has 0 bridgehead atoms. The maximum Gasteiger partial charge on any atom is 0.343 e. The van der Waals surface area contributed by atoms with Gasteiger partial charge in [0, 0.05) is 5.56 Å². The molecule has 0 spiro atoms. The molecule has 0 heterocycles. The molecule has 0 radical (unpaired) electrons. The Hall–Kier alpha value is -3.63. The van der Waals surface area contributed by atoms with Gasteiger partial charge in [0.05, 0.1) is 5.56 Å². The van der Waals surface area contributed by atoms with E-state index in [0.717, 1.165) is 21.9 Å². The van der Waals surface area contributed by atoms with Crippen molar-refractivity contribution in [1.29, 1.82) is 0 Å². The molecular weight excluding hydrogens is 376 g/mol. The Bertz CT molecular complexity index is 1180. The van der Waals surface area contributed by atoms with Crippen molar-refractivity contribution in [1.82, 2.24) is 0 Å². The summed E-state index contributed by atoms with van der Waals surface area (Å²) in [5.74, 6) is 0.636. The number of rotatable bonds is 5. The third kappa shape index (κ3) is 4.50. The first-order valence-corrected chi connectivity index (χ1v) is 9.72. The minimum absolute atomic E-state index is 0.393. The summed E-state index contributed by atoms with van der Waals surface area (Å²) in [4.78, 5) is 12.3. The minimum atomic E-state index is -1.04. The molecule has 1 atom stereocenters. The average molecular weight is 398 g/mol. The van der Waals surface area contributed by atoms with Crippen LogP contribution in [0.2, 0.25) is 0 Å². The van der Waals surface area contributed by atoms with E-state index in [0.29, 0.717) is 22.6 Å².